The van der Waals surface area contributed by atoms with Crippen molar-refractivity contribution in [2.75, 3.05) is 0 Å². The van der Waals surface area contributed by atoms with Crippen LogP contribution in [0.5, 0.6) is 0 Å². The molecule has 0 radical (unpaired) electrons. The maximum atomic E-state index is 10.2. The first-order chi connectivity index (χ1) is 5.72. The van der Waals surface area contributed by atoms with Gasteiger partial charge >= 0.3 is 0 Å². The predicted molar refractivity (Wildman–Crippen MR) is 46.8 cm³/mol. The van der Waals surface area contributed by atoms with Crippen LogP contribution in [0.15, 0.2) is 0 Å². The van der Waals surface area contributed by atoms with Crippen molar-refractivity contribution in [2.24, 2.45) is 5.92 Å². The fraction of sp³-hybridized carbons (Fsp3) is 1.00. The van der Waals surface area contributed by atoms with Gasteiger partial charge in [-0.1, -0.05) is 19.3 Å². The van der Waals surface area contributed by atoms with Crippen LogP contribution in [0.4, 0.5) is 0 Å². The molecule has 2 aliphatic rings. The van der Waals surface area contributed by atoms with Crippen LogP contribution in [0.1, 0.15) is 44.9 Å². The highest BCUT2D eigenvalue weighted by molar-refractivity contribution is 4.96. The zero-order valence-electron chi connectivity index (χ0n) is 7.50. The Labute approximate surface area is 73.6 Å². The SMILES string of the molecule is OC1CCCC1C1(O)CCCC1. The molecule has 0 saturated heterocycles. The third-order valence-corrected chi connectivity index (χ3v) is 3.64. The van der Waals surface area contributed by atoms with E-state index in [1.807, 2.05) is 0 Å². The fourth-order valence-electron chi connectivity index (χ4n) is 2.93. The predicted octanol–water partition coefficient (Wildman–Crippen LogP) is 1.45. The van der Waals surface area contributed by atoms with Gasteiger partial charge in [-0.15, -0.1) is 0 Å². The van der Waals surface area contributed by atoms with E-state index < -0.39 is 5.60 Å². The Morgan fingerprint density at radius 3 is 2.17 bits per heavy atom. The van der Waals surface area contributed by atoms with Gasteiger partial charge in [0.25, 0.3) is 0 Å². The summed E-state index contributed by atoms with van der Waals surface area (Å²) in [4.78, 5) is 0. The summed E-state index contributed by atoms with van der Waals surface area (Å²) in [5.41, 5.74) is -0.504. The van der Waals surface area contributed by atoms with E-state index in [0.29, 0.717) is 0 Å². The lowest BCUT2D eigenvalue weighted by Gasteiger charge is -2.31. The Bertz CT molecular complexity index is 161. The summed E-state index contributed by atoms with van der Waals surface area (Å²) in [6.45, 7) is 0. The summed E-state index contributed by atoms with van der Waals surface area (Å²) in [6.07, 6.45) is 6.88. The van der Waals surface area contributed by atoms with Crippen molar-refractivity contribution >= 4 is 0 Å². The molecule has 0 aliphatic heterocycles. The molecule has 2 nitrogen and oxygen atoms in total. The van der Waals surface area contributed by atoms with E-state index in [-0.39, 0.29) is 12.0 Å². The first-order valence-corrected chi connectivity index (χ1v) is 5.13. The van der Waals surface area contributed by atoms with Crippen molar-refractivity contribution in [3.63, 3.8) is 0 Å². The molecule has 2 fully saturated rings. The standard InChI is InChI=1S/C10H18O2/c11-9-5-3-4-8(9)10(12)6-1-2-7-10/h8-9,11-12H,1-7H2. The second-order valence-corrected chi connectivity index (χ2v) is 4.42. The van der Waals surface area contributed by atoms with Crippen LogP contribution in [0.25, 0.3) is 0 Å². The molecular weight excluding hydrogens is 152 g/mol. The van der Waals surface area contributed by atoms with Gasteiger partial charge in [-0.25, -0.2) is 0 Å². The van der Waals surface area contributed by atoms with Crippen molar-refractivity contribution in [2.45, 2.75) is 56.7 Å². The molecule has 0 spiro atoms. The van der Waals surface area contributed by atoms with Crippen LogP contribution in [-0.4, -0.2) is 21.9 Å². The molecule has 0 heterocycles. The normalized spacial score (nSPS) is 40.5. The van der Waals surface area contributed by atoms with E-state index in [1.165, 1.54) is 0 Å². The molecule has 0 amide bonds. The van der Waals surface area contributed by atoms with Crippen LogP contribution in [-0.2, 0) is 0 Å². The summed E-state index contributed by atoms with van der Waals surface area (Å²) in [5.74, 6) is 0.181. The molecule has 2 saturated carbocycles. The van der Waals surface area contributed by atoms with Gasteiger partial charge in [0, 0.05) is 5.92 Å². The maximum Gasteiger partial charge on any atom is 0.0700 e. The van der Waals surface area contributed by atoms with Crippen LogP contribution < -0.4 is 0 Å². The summed E-state index contributed by atoms with van der Waals surface area (Å²) in [6, 6.07) is 0. The summed E-state index contributed by atoms with van der Waals surface area (Å²) in [7, 11) is 0. The van der Waals surface area contributed by atoms with Crippen molar-refractivity contribution in [3.8, 4) is 0 Å². The van der Waals surface area contributed by atoms with E-state index in [9.17, 15) is 10.2 Å². The number of hydrogen-bond acceptors (Lipinski definition) is 2. The van der Waals surface area contributed by atoms with Gasteiger partial charge in [-0.3, -0.25) is 0 Å². The third-order valence-electron chi connectivity index (χ3n) is 3.64. The van der Waals surface area contributed by atoms with Crippen molar-refractivity contribution < 1.29 is 10.2 Å². The lowest BCUT2D eigenvalue weighted by molar-refractivity contribution is -0.0537. The van der Waals surface area contributed by atoms with E-state index in [1.54, 1.807) is 0 Å². The molecular formula is C10H18O2. The fourth-order valence-corrected chi connectivity index (χ4v) is 2.93. The van der Waals surface area contributed by atoms with Gasteiger partial charge in [-0.2, -0.15) is 0 Å². The Morgan fingerprint density at radius 2 is 1.67 bits per heavy atom. The van der Waals surface area contributed by atoms with E-state index in [4.69, 9.17) is 0 Å². The molecule has 2 atom stereocenters. The Morgan fingerprint density at radius 1 is 1.00 bits per heavy atom. The zero-order valence-corrected chi connectivity index (χ0v) is 7.50. The highest BCUT2D eigenvalue weighted by atomic mass is 16.3. The molecule has 12 heavy (non-hydrogen) atoms. The maximum absolute atomic E-state index is 10.2. The zero-order chi connectivity index (χ0) is 8.60. The number of aliphatic hydroxyl groups is 2. The summed E-state index contributed by atoms with van der Waals surface area (Å²) >= 11 is 0. The quantitative estimate of drug-likeness (QED) is 0.625. The minimum atomic E-state index is -0.504. The molecule has 0 aromatic heterocycles. The van der Waals surface area contributed by atoms with E-state index in [0.717, 1.165) is 44.9 Å². The topological polar surface area (TPSA) is 40.5 Å². The number of rotatable bonds is 1. The monoisotopic (exact) mass is 170 g/mol. The van der Waals surface area contributed by atoms with Crippen LogP contribution in [0, 0.1) is 5.92 Å². The summed E-state index contributed by atoms with van der Waals surface area (Å²) in [5, 5.41) is 19.9. The van der Waals surface area contributed by atoms with Crippen LogP contribution in [0.2, 0.25) is 0 Å². The Balaban J connectivity index is 2.06. The lowest BCUT2D eigenvalue weighted by Crippen LogP contribution is -2.39. The van der Waals surface area contributed by atoms with Gasteiger partial charge in [0.05, 0.1) is 11.7 Å². The largest absolute Gasteiger partial charge is 0.393 e. The van der Waals surface area contributed by atoms with E-state index >= 15 is 0 Å². The molecule has 70 valence electrons. The number of hydrogen-bond donors (Lipinski definition) is 2. The van der Waals surface area contributed by atoms with Crippen molar-refractivity contribution in [1.82, 2.24) is 0 Å². The van der Waals surface area contributed by atoms with Crippen LogP contribution >= 0.6 is 0 Å². The minimum Gasteiger partial charge on any atom is -0.393 e. The molecule has 0 aromatic carbocycles. The van der Waals surface area contributed by atoms with Gasteiger partial charge in [0.15, 0.2) is 0 Å². The number of aliphatic hydroxyl groups excluding tert-OH is 1. The van der Waals surface area contributed by atoms with Gasteiger partial charge in [-0.05, 0) is 25.7 Å². The van der Waals surface area contributed by atoms with Crippen molar-refractivity contribution in [1.29, 1.82) is 0 Å². The average Bonchev–Trinajstić information content (AvgIpc) is 2.59. The van der Waals surface area contributed by atoms with Crippen LogP contribution in [0.3, 0.4) is 0 Å². The second-order valence-electron chi connectivity index (χ2n) is 4.42. The smallest absolute Gasteiger partial charge is 0.0700 e. The molecule has 0 aromatic rings. The second kappa shape index (κ2) is 3.00. The van der Waals surface area contributed by atoms with Crippen molar-refractivity contribution in [3.05, 3.63) is 0 Å². The first kappa shape index (κ1) is 8.52. The molecule has 2 heteroatoms. The Kier molecular flexibility index (Phi) is 2.13. The summed E-state index contributed by atoms with van der Waals surface area (Å²) < 4.78 is 0. The lowest BCUT2D eigenvalue weighted by atomic mass is 9.83. The third kappa shape index (κ3) is 1.27. The first-order valence-electron chi connectivity index (χ1n) is 5.13. The van der Waals surface area contributed by atoms with Gasteiger partial charge < -0.3 is 10.2 Å². The molecule has 0 bridgehead atoms. The average molecular weight is 170 g/mol. The molecule has 2 rings (SSSR count). The molecule has 2 aliphatic carbocycles. The highest BCUT2D eigenvalue weighted by Gasteiger charge is 2.44. The van der Waals surface area contributed by atoms with Gasteiger partial charge in [0.1, 0.15) is 0 Å². The Hall–Kier alpha value is -0.0800. The molecule has 2 unspecified atom stereocenters. The minimum absolute atomic E-state index is 0.181. The molecule has 2 N–H and O–H groups in total. The van der Waals surface area contributed by atoms with E-state index in [2.05, 4.69) is 0 Å². The highest BCUT2D eigenvalue weighted by Crippen LogP contribution is 2.43. The van der Waals surface area contributed by atoms with Gasteiger partial charge in [0.2, 0.25) is 0 Å².